The smallest absolute Gasteiger partial charge is 0.0895 e. The first-order valence-corrected chi connectivity index (χ1v) is 7.72. The Bertz CT molecular complexity index is 359. The predicted molar refractivity (Wildman–Crippen MR) is 84.3 cm³/mol. The molecule has 19 heavy (non-hydrogen) atoms. The molecule has 0 heterocycles. The lowest BCUT2D eigenvalue weighted by atomic mass is 10.1. The summed E-state index contributed by atoms with van der Waals surface area (Å²) in [6.07, 6.45) is 9.48. The van der Waals surface area contributed by atoms with E-state index >= 15 is 0 Å². The van der Waals surface area contributed by atoms with Crippen molar-refractivity contribution in [2.45, 2.75) is 58.0 Å². The summed E-state index contributed by atoms with van der Waals surface area (Å²) in [4.78, 5) is 0. The zero-order valence-corrected chi connectivity index (χ0v) is 12.6. The van der Waals surface area contributed by atoms with Crippen molar-refractivity contribution in [3.8, 4) is 0 Å². The molecule has 1 unspecified atom stereocenters. The van der Waals surface area contributed by atoms with Crippen molar-refractivity contribution in [3.63, 3.8) is 0 Å². The third-order valence-corrected chi connectivity index (χ3v) is 3.61. The van der Waals surface area contributed by atoms with Gasteiger partial charge in [-0.15, -0.1) is 0 Å². The summed E-state index contributed by atoms with van der Waals surface area (Å²) in [7, 11) is 0. The van der Waals surface area contributed by atoms with Crippen molar-refractivity contribution < 1.29 is 5.11 Å². The van der Waals surface area contributed by atoms with Gasteiger partial charge in [0.15, 0.2) is 0 Å². The molecule has 0 aliphatic carbocycles. The van der Waals surface area contributed by atoms with Gasteiger partial charge in [0.25, 0.3) is 0 Å². The quantitative estimate of drug-likeness (QED) is 0.602. The highest BCUT2D eigenvalue weighted by Gasteiger charge is 2.08. The van der Waals surface area contributed by atoms with Crippen LogP contribution < -0.4 is 0 Å². The van der Waals surface area contributed by atoms with E-state index in [4.69, 9.17) is 11.6 Å². The van der Waals surface area contributed by atoms with E-state index in [0.29, 0.717) is 5.03 Å². The molecule has 0 radical (unpaired) electrons. The standard InChI is InChI=1S/C17H25ClO/c1-2-3-4-5-6-10-13-17(19)16(18)14-15-11-8-7-9-12-15/h7-9,11-12,14,17,19H,2-6,10,13H2,1H3/b16-14-. The van der Waals surface area contributed by atoms with Crippen molar-refractivity contribution in [3.05, 3.63) is 40.9 Å². The normalized spacial score (nSPS) is 13.5. The van der Waals surface area contributed by atoms with Gasteiger partial charge >= 0.3 is 0 Å². The summed E-state index contributed by atoms with van der Waals surface area (Å²) in [5.41, 5.74) is 1.04. The summed E-state index contributed by atoms with van der Waals surface area (Å²) in [5.74, 6) is 0. The topological polar surface area (TPSA) is 20.2 Å². The Hall–Kier alpha value is -0.790. The van der Waals surface area contributed by atoms with Crippen LogP contribution in [0.1, 0.15) is 57.4 Å². The number of benzene rings is 1. The molecule has 2 heteroatoms. The maximum Gasteiger partial charge on any atom is 0.0895 e. The number of hydrogen-bond donors (Lipinski definition) is 1. The van der Waals surface area contributed by atoms with Crippen LogP contribution in [0.4, 0.5) is 0 Å². The molecule has 0 spiro atoms. The summed E-state index contributed by atoms with van der Waals surface area (Å²) in [5, 5.41) is 10.5. The number of halogens is 1. The first-order valence-electron chi connectivity index (χ1n) is 7.34. The molecule has 1 nitrogen and oxygen atoms in total. The van der Waals surface area contributed by atoms with Crippen LogP contribution in [0.25, 0.3) is 6.08 Å². The van der Waals surface area contributed by atoms with Gasteiger partial charge in [-0.25, -0.2) is 0 Å². The molecule has 1 N–H and O–H groups in total. The van der Waals surface area contributed by atoms with E-state index in [2.05, 4.69) is 6.92 Å². The Morgan fingerprint density at radius 2 is 1.74 bits per heavy atom. The van der Waals surface area contributed by atoms with Crippen LogP contribution >= 0.6 is 11.6 Å². The fourth-order valence-corrected chi connectivity index (χ4v) is 2.30. The minimum Gasteiger partial charge on any atom is -0.388 e. The van der Waals surface area contributed by atoms with Crippen molar-refractivity contribution in [1.82, 2.24) is 0 Å². The number of aliphatic hydroxyl groups excluding tert-OH is 1. The van der Waals surface area contributed by atoms with Gasteiger partial charge in [0.05, 0.1) is 6.10 Å². The van der Waals surface area contributed by atoms with Crippen LogP contribution in [0, 0.1) is 0 Å². The van der Waals surface area contributed by atoms with Crippen molar-refractivity contribution in [1.29, 1.82) is 0 Å². The van der Waals surface area contributed by atoms with Gasteiger partial charge < -0.3 is 5.11 Å². The Morgan fingerprint density at radius 3 is 2.42 bits per heavy atom. The second kappa shape index (κ2) is 10.1. The van der Waals surface area contributed by atoms with E-state index < -0.39 is 6.10 Å². The second-order valence-corrected chi connectivity index (χ2v) is 5.45. The Morgan fingerprint density at radius 1 is 1.11 bits per heavy atom. The molecule has 1 atom stereocenters. The van der Waals surface area contributed by atoms with E-state index in [1.165, 1.54) is 32.1 Å². The monoisotopic (exact) mass is 280 g/mol. The first-order chi connectivity index (χ1) is 9.24. The van der Waals surface area contributed by atoms with Crippen molar-refractivity contribution >= 4 is 17.7 Å². The lowest BCUT2D eigenvalue weighted by molar-refractivity contribution is 0.204. The molecule has 106 valence electrons. The summed E-state index contributed by atoms with van der Waals surface area (Å²) >= 11 is 6.14. The Kier molecular flexibility index (Phi) is 8.61. The van der Waals surface area contributed by atoms with Crippen LogP contribution in [-0.2, 0) is 0 Å². The summed E-state index contributed by atoms with van der Waals surface area (Å²) in [6, 6.07) is 9.88. The molecular weight excluding hydrogens is 256 g/mol. The average Bonchev–Trinajstić information content (AvgIpc) is 2.43. The zero-order valence-electron chi connectivity index (χ0n) is 11.8. The SMILES string of the molecule is CCCCCCCCC(O)/C(Cl)=C/c1ccccc1. The van der Waals surface area contributed by atoms with Crippen molar-refractivity contribution in [2.24, 2.45) is 0 Å². The number of unbranched alkanes of at least 4 members (excludes halogenated alkanes) is 5. The van der Waals surface area contributed by atoms with E-state index in [1.54, 1.807) is 0 Å². The van der Waals surface area contributed by atoms with E-state index in [-0.39, 0.29) is 0 Å². The summed E-state index contributed by atoms with van der Waals surface area (Å²) in [6.45, 7) is 2.22. The van der Waals surface area contributed by atoms with Crippen LogP contribution in [0.3, 0.4) is 0 Å². The van der Waals surface area contributed by atoms with Gasteiger partial charge in [-0.1, -0.05) is 87.4 Å². The highest BCUT2D eigenvalue weighted by molar-refractivity contribution is 6.32. The maximum absolute atomic E-state index is 9.98. The van der Waals surface area contributed by atoms with Crippen LogP contribution in [0.15, 0.2) is 35.4 Å². The molecule has 0 fully saturated rings. The van der Waals surface area contributed by atoms with Gasteiger partial charge in [0, 0.05) is 5.03 Å². The molecule has 1 aromatic rings. The first kappa shape index (κ1) is 16.3. The van der Waals surface area contributed by atoms with Gasteiger partial charge in [0.1, 0.15) is 0 Å². The zero-order chi connectivity index (χ0) is 13.9. The fraction of sp³-hybridized carbons (Fsp3) is 0.529. The van der Waals surface area contributed by atoms with Crippen molar-refractivity contribution in [2.75, 3.05) is 0 Å². The third kappa shape index (κ3) is 7.39. The minimum atomic E-state index is -0.520. The summed E-state index contributed by atoms with van der Waals surface area (Å²) < 4.78 is 0. The molecule has 0 aliphatic rings. The Balaban J connectivity index is 2.25. The highest BCUT2D eigenvalue weighted by Crippen LogP contribution is 2.19. The van der Waals surface area contributed by atoms with Gasteiger partial charge in [0.2, 0.25) is 0 Å². The molecule has 0 amide bonds. The molecule has 0 saturated carbocycles. The molecular formula is C17H25ClO. The Labute approximate surface area is 122 Å². The average molecular weight is 281 g/mol. The fourth-order valence-electron chi connectivity index (χ4n) is 2.06. The van der Waals surface area contributed by atoms with E-state index in [0.717, 1.165) is 18.4 Å². The van der Waals surface area contributed by atoms with Gasteiger partial charge in [-0.05, 0) is 18.1 Å². The van der Waals surface area contributed by atoms with Crippen LogP contribution in [0.2, 0.25) is 0 Å². The number of hydrogen-bond acceptors (Lipinski definition) is 1. The van der Waals surface area contributed by atoms with Crippen LogP contribution in [0.5, 0.6) is 0 Å². The third-order valence-electron chi connectivity index (χ3n) is 3.25. The lowest BCUT2D eigenvalue weighted by Gasteiger charge is -2.09. The van der Waals surface area contributed by atoms with Gasteiger partial charge in [-0.2, -0.15) is 0 Å². The molecule has 1 rings (SSSR count). The minimum absolute atomic E-state index is 0.520. The molecule has 0 saturated heterocycles. The molecule has 0 aliphatic heterocycles. The van der Waals surface area contributed by atoms with Crippen LogP contribution in [-0.4, -0.2) is 11.2 Å². The number of rotatable bonds is 9. The second-order valence-electron chi connectivity index (χ2n) is 5.01. The molecule has 0 bridgehead atoms. The van der Waals surface area contributed by atoms with E-state index in [9.17, 15) is 5.11 Å². The molecule has 1 aromatic carbocycles. The maximum atomic E-state index is 9.98. The highest BCUT2D eigenvalue weighted by atomic mass is 35.5. The lowest BCUT2D eigenvalue weighted by Crippen LogP contribution is -2.06. The van der Waals surface area contributed by atoms with E-state index in [1.807, 2.05) is 36.4 Å². The largest absolute Gasteiger partial charge is 0.388 e. The number of aliphatic hydroxyl groups is 1. The van der Waals surface area contributed by atoms with Gasteiger partial charge in [-0.3, -0.25) is 0 Å². The predicted octanol–water partition coefficient (Wildman–Crippen LogP) is 5.38. The molecule has 0 aromatic heterocycles.